The summed E-state index contributed by atoms with van der Waals surface area (Å²) >= 11 is 0. The van der Waals surface area contributed by atoms with E-state index in [1.807, 2.05) is 6.92 Å². The van der Waals surface area contributed by atoms with E-state index in [2.05, 4.69) is 5.32 Å². The van der Waals surface area contributed by atoms with Gasteiger partial charge in [-0.2, -0.15) is 0 Å². The first-order chi connectivity index (χ1) is 8.64. The summed E-state index contributed by atoms with van der Waals surface area (Å²) < 4.78 is 28.6. The maximum atomic E-state index is 11.4. The highest BCUT2D eigenvalue weighted by molar-refractivity contribution is 7.91. The normalized spacial score (nSPS) is 18.1. The second-order valence-electron chi connectivity index (χ2n) is 5.03. The highest BCUT2D eigenvalue weighted by atomic mass is 32.2. The van der Waals surface area contributed by atoms with Gasteiger partial charge >= 0.3 is 0 Å². The lowest BCUT2D eigenvalue weighted by Gasteiger charge is -2.22. The number of ether oxygens (including phenoxy) is 1. The molecule has 1 N–H and O–H groups in total. The van der Waals surface area contributed by atoms with Crippen LogP contribution in [0.5, 0.6) is 0 Å². The lowest BCUT2D eigenvalue weighted by Crippen LogP contribution is -2.29. The summed E-state index contributed by atoms with van der Waals surface area (Å²) in [5.74, 6) is 0.539. The first-order valence-electron chi connectivity index (χ1n) is 7.17. The van der Waals surface area contributed by atoms with Gasteiger partial charge in [0, 0.05) is 18.8 Å². The fourth-order valence-corrected chi connectivity index (χ4v) is 3.58. The van der Waals surface area contributed by atoms with Crippen molar-refractivity contribution in [2.75, 3.05) is 31.2 Å². The van der Waals surface area contributed by atoms with E-state index in [1.165, 1.54) is 32.1 Å². The number of rotatable bonds is 9. The SMILES string of the molecule is CCCS(=O)(=O)CCNCCOC1CCCCC1. The summed E-state index contributed by atoms with van der Waals surface area (Å²) in [7, 11) is -2.84. The molecule has 0 heterocycles. The van der Waals surface area contributed by atoms with Gasteiger partial charge in [-0.1, -0.05) is 26.2 Å². The zero-order chi connectivity index (χ0) is 13.3. The Balaban J connectivity index is 1.95. The van der Waals surface area contributed by atoms with Crippen molar-refractivity contribution in [1.29, 1.82) is 0 Å². The quantitative estimate of drug-likeness (QED) is 0.652. The monoisotopic (exact) mass is 277 g/mol. The van der Waals surface area contributed by atoms with Crippen LogP contribution >= 0.6 is 0 Å². The zero-order valence-corrected chi connectivity index (χ0v) is 12.3. The summed E-state index contributed by atoms with van der Waals surface area (Å²) in [5.41, 5.74) is 0. The minimum atomic E-state index is -2.84. The molecule has 0 amide bonds. The fraction of sp³-hybridized carbons (Fsp3) is 1.00. The Labute approximate surface area is 111 Å². The van der Waals surface area contributed by atoms with Gasteiger partial charge in [0.05, 0.1) is 18.5 Å². The van der Waals surface area contributed by atoms with Gasteiger partial charge < -0.3 is 10.1 Å². The van der Waals surface area contributed by atoms with Crippen molar-refractivity contribution in [2.24, 2.45) is 0 Å². The van der Waals surface area contributed by atoms with Gasteiger partial charge in [-0.25, -0.2) is 8.42 Å². The highest BCUT2D eigenvalue weighted by Crippen LogP contribution is 2.19. The molecule has 0 saturated heterocycles. The number of sulfone groups is 1. The van der Waals surface area contributed by atoms with Crippen LogP contribution in [-0.4, -0.2) is 45.7 Å². The Morgan fingerprint density at radius 1 is 1.11 bits per heavy atom. The average molecular weight is 277 g/mol. The van der Waals surface area contributed by atoms with E-state index in [1.54, 1.807) is 0 Å². The minimum Gasteiger partial charge on any atom is -0.377 e. The van der Waals surface area contributed by atoms with Crippen molar-refractivity contribution in [1.82, 2.24) is 5.32 Å². The standard InChI is InChI=1S/C13H27NO3S/c1-2-11-18(15,16)12-9-14-8-10-17-13-6-4-3-5-7-13/h13-14H,2-12H2,1H3. The highest BCUT2D eigenvalue weighted by Gasteiger charge is 2.13. The molecule has 0 radical (unpaired) electrons. The van der Waals surface area contributed by atoms with Gasteiger partial charge in [-0.05, 0) is 19.3 Å². The van der Waals surface area contributed by atoms with E-state index < -0.39 is 9.84 Å². The minimum absolute atomic E-state index is 0.240. The molecule has 1 fully saturated rings. The Morgan fingerprint density at radius 3 is 2.50 bits per heavy atom. The van der Waals surface area contributed by atoms with Crippen molar-refractivity contribution >= 4 is 9.84 Å². The molecule has 18 heavy (non-hydrogen) atoms. The van der Waals surface area contributed by atoms with Gasteiger partial charge in [0.1, 0.15) is 0 Å². The predicted molar refractivity (Wildman–Crippen MR) is 74.6 cm³/mol. The first kappa shape index (κ1) is 15.9. The molecule has 0 aromatic heterocycles. The third-order valence-corrected chi connectivity index (χ3v) is 5.15. The molecule has 1 saturated carbocycles. The van der Waals surface area contributed by atoms with Crippen LogP contribution in [0, 0.1) is 0 Å². The van der Waals surface area contributed by atoms with Crippen LogP contribution in [0.1, 0.15) is 45.4 Å². The van der Waals surface area contributed by atoms with E-state index in [4.69, 9.17) is 4.74 Å². The van der Waals surface area contributed by atoms with E-state index in [0.717, 1.165) is 6.54 Å². The van der Waals surface area contributed by atoms with Gasteiger partial charge in [-0.3, -0.25) is 0 Å². The molecule has 0 aliphatic heterocycles. The second kappa shape index (κ2) is 8.88. The second-order valence-corrected chi connectivity index (χ2v) is 7.34. The lowest BCUT2D eigenvalue weighted by molar-refractivity contribution is 0.0305. The molecule has 0 atom stereocenters. The molecular weight excluding hydrogens is 250 g/mol. The van der Waals surface area contributed by atoms with Gasteiger partial charge in [0.15, 0.2) is 9.84 Å². The van der Waals surface area contributed by atoms with Crippen molar-refractivity contribution in [2.45, 2.75) is 51.6 Å². The van der Waals surface area contributed by atoms with Crippen molar-refractivity contribution in [3.8, 4) is 0 Å². The van der Waals surface area contributed by atoms with E-state index in [-0.39, 0.29) is 5.75 Å². The fourth-order valence-electron chi connectivity index (χ4n) is 2.30. The number of nitrogens with one attached hydrogen (secondary N) is 1. The predicted octanol–water partition coefficient (Wildman–Crippen LogP) is 1.75. The van der Waals surface area contributed by atoms with Gasteiger partial charge in [0.2, 0.25) is 0 Å². The molecule has 4 nitrogen and oxygen atoms in total. The topological polar surface area (TPSA) is 55.4 Å². The summed E-state index contributed by atoms with van der Waals surface area (Å²) in [6.45, 7) is 3.87. The van der Waals surface area contributed by atoms with Crippen LogP contribution < -0.4 is 5.32 Å². The summed E-state index contributed by atoms with van der Waals surface area (Å²) in [6, 6.07) is 0. The molecule has 1 aliphatic rings. The van der Waals surface area contributed by atoms with Gasteiger partial charge in [-0.15, -0.1) is 0 Å². The molecule has 108 valence electrons. The van der Waals surface area contributed by atoms with E-state index in [0.29, 0.717) is 31.4 Å². The number of hydrogen-bond acceptors (Lipinski definition) is 4. The lowest BCUT2D eigenvalue weighted by atomic mass is 9.98. The molecule has 0 unspecified atom stereocenters. The van der Waals surface area contributed by atoms with E-state index in [9.17, 15) is 8.42 Å². The molecule has 0 spiro atoms. The summed E-state index contributed by atoms with van der Waals surface area (Å²) in [6.07, 6.45) is 7.42. The van der Waals surface area contributed by atoms with Crippen LogP contribution in [0.3, 0.4) is 0 Å². The molecule has 0 bridgehead atoms. The maximum absolute atomic E-state index is 11.4. The van der Waals surface area contributed by atoms with Crippen LogP contribution in [-0.2, 0) is 14.6 Å². The molecule has 0 aromatic carbocycles. The smallest absolute Gasteiger partial charge is 0.151 e. The molecule has 1 aliphatic carbocycles. The maximum Gasteiger partial charge on any atom is 0.151 e. The Hall–Kier alpha value is -0.130. The summed E-state index contributed by atoms with van der Waals surface area (Å²) in [5, 5.41) is 3.14. The molecular formula is C13H27NO3S. The van der Waals surface area contributed by atoms with Crippen molar-refractivity contribution in [3.63, 3.8) is 0 Å². The summed E-state index contributed by atoms with van der Waals surface area (Å²) in [4.78, 5) is 0. The first-order valence-corrected chi connectivity index (χ1v) is 8.99. The van der Waals surface area contributed by atoms with Crippen molar-refractivity contribution in [3.05, 3.63) is 0 Å². The average Bonchev–Trinajstić information content (AvgIpc) is 2.35. The zero-order valence-electron chi connectivity index (χ0n) is 11.5. The van der Waals surface area contributed by atoms with Crippen LogP contribution in [0.4, 0.5) is 0 Å². The number of hydrogen-bond donors (Lipinski definition) is 1. The van der Waals surface area contributed by atoms with E-state index >= 15 is 0 Å². The molecule has 5 heteroatoms. The van der Waals surface area contributed by atoms with Crippen LogP contribution in [0.2, 0.25) is 0 Å². The Bertz CT molecular complexity index is 297. The van der Waals surface area contributed by atoms with Crippen LogP contribution in [0.25, 0.3) is 0 Å². The third-order valence-electron chi connectivity index (χ3n) is 3.29. The van der Waals surface area contributed by atoms with Gasteiger partial charge in [0.25, 0.3) is 0 Å². The van der Waals surface area contributed by atoms with Crippen molar-refractivity contribution < 1.29 is 13.2 Å². The Kier molecular flexibility index (Phi) is 7.86. The largest absolute Gasteiger partial charge is 0.377 e. The third kappa shape index (κ3) is 7.34. The Morgan fingerprint density at radius 2 is 1.83 bits per heavy atom. The molecule has 1 rings (SSSR count). The van der Waals surface area contributed by atoms with Crippen LogP contribution in [0.15, 0.2) is 0 Å². The molecule has 0 aromatic rings.